The molecule has 4 atom stereocenters. The van der Waals surface area contributed by atoms with Crippen molar-refractivity contribution in [1.29, 1.82) is 0 Å². The van der Waals surface area contributed by atoms with Crippen LogP contribution >= 0.6 is 0 Å². The molecule has 0 fully saturated rings. The van der Waals surface area contributed by atoms with Gasteiger partial charge in [0, 0.05) is 30.9 Å². The predicted molar refractivity (Wildman–Crippen MR) is 153 cm³/mol. The maximum Gasteiger partial charge on any atom is 0.407 e. The lowest BCUT2D eigenvalue weighted by molar-refractivity contribution is -0.129. The van der Waals surface area contributed by atoms with Crippen LogP contribution in [0.2, 0.25) is 0 Å². The molecule has 0 aliphatic heterocycles. The number of hydrogen-bond acceptors (Lipinski definition) is 5. The normalized spacial score (nSPS) is 14.6. The summed E-state index contributed by atoms with van der Waals surface area (Å²) in [6.07, 6.45) is 0.833. The maximum absolute atomic E-state index is 13.5. The summed E-state index contributed by atoms with van der Waals surface area (Å²) >= 11 is 0. The van der Waals surface area contributed by atoms with Gasteiger partial charge in [0.25, 0.3) is 0 Å². The zero-order chi connectivity index (χ0) is 28.6. The molecule has 2 amide bonds. The minimum atomic E-state index is -1.18. The van der Waals surface area contributed by atoms with Crippen molar-refractivity contribution in [3.63, 3.8) is 0 Å². The highest BCUT2D eigenvalue weighted by Crippen LogP contribution is 2.25. The van der Waals surface area contributed by atoms with Crippen LogP contribution in [0.1, 0.15) is 38.3 Å². The summed E-state index contributed by atoms with van der Waals surface area (Å²) in [6, 6.07) is 21.4. The van der Waals surface area contributed by atoms with Crippen molar-refractivity contribution < 1.29 is 19.8 Å². The molecule has 39 heavy (non-hydrogen) atoms. The third-order valence-electron chi connectivity index (χ3n) is 6.84. The molecule has 2 aromatic carbocycles. The minimum absolute atomic E-state index is 0.218. The molecule has 0 aliphatic rings. The number of pyridine rings is 1. The molecule has 0 bridgehead atoms. The van der Waals surface area contributed by atoms with E-state index in [-0.39, 0.29) is 6.42 Å². The molecule has 0 saturated carbocycles. The van der Waals surface area contributed by atoms with Gasteiger partial charge in [0.1, 0.15) is 6.04 Å². The van der Waals surface area contributed by atoms with Gasteiger partial charge >= 0.3 is 6.09 Å². The molecule has 3 aromatic rings. The van der Waals surface area contributed by atoms with Crippen LogP contribution in [0.5, 0.6) is 0 Å². The first-order valence-corrected chi connectivity index (χ1v) is 13.2. The lowest BCUT2D eigenvalue weighted by atomic mass is 9.84. The Hall–Kier alpha value is -3.75. The Morgan fingerprint density at radius 2 is 1.56 bits per heavy atom. The van der Waals surface area contributed by atoms with Crippen molar-refractivity contribution in [1.82, 2.24) is 15.2 Å². The molecule has 0 aliphatic carbocycles. The van der Waals surface area contributed by atoms with Gasteiger partial charge in [-0.3, -0.25) is 14.7 Å². The molecule has 0 spiro atoms. The average molecular weight is 533 g/mol. The van der Waals surface area contributed by atoms with Crippen LogP contribution in [-0.4, -0.2) is 63.4 Å². The van der Waals surface area contributed by atoms with Gasteiger partial charge in [-0.15, -0.1) is 0 Å². The number of rotatable bonds is 11. The number of nitrogens with zero attached hydrogens (tertiary/aromatic N) is 2. The van der Waals surface area contributed by atoms with Gasteiger partial charge in [0.2, 0.25) is 5.91 Å². The summed E-state index contributed by atoms with van der Waals surface area (Å²) in [7, 11) is 1.40. The van der Waals surface area contributed by atoms with Crippen LogP contribution in [0.25, 0.3) is 11.3 Å². The number of benzene rings is 2. The van der Waals surface area contributed by atoms with Gasteiger partial charge in [0.15, 0.2) is 0 Å². The van der Waals surface area contributed by atoms with Crippen LogP contribution in [0.3, 0.4) is 0 Å². The van der Waals surface area contributed by atoms with E-state index >= 15 is 0 Å². The number of carbonyl (C=O) groups is 2. The van der Waals surface area contributed by atoms with Gasteiger partial charge in [-0.25, -0.2) is 4.79 Å². The summed E-state index contributed by atoms with van der Waals surface area (Å²) in [4.78, 5) is 30.6. The molecule has 1 heterocycles. The van der Waals surface area contributed by atoms with E-state index in [9.17, 15) is 19.8 Å². The van der Waals surface area contributed by atoms with Gasteiger partial charge in [-0.2, -0.15) is 0 Å². The number of carbonyl (C=O) groups excluding carboxylic acids is 1. The Morgan fingerprint density at radius 3 is 2.13 bits per heavy atom. The summed E-state index contributed by atoms with van der Waals surface area (Å²) in [5, 5.41) is 23.7. The average Bonchev–Trinajstić information content (AvgIpc) is 2.89. The number of carboxylic acid groups (broad SMARTS) is 1. The standard InChI is InChI=1S/C31H40N4O4/c1-31(2,3)28(35(4)30(38)39)29(37)34-24(20-27(36)25(32)19-21-10-6-5-7-11-21)18-22-13-15-23(16-14-22)26-12-8-9-17-33-26/h5-17,24-25,27-28,36H,18-20,32H2,1-4H3,(H,34,37)(H,38,39)/t24-,25-,27-,28+/m0/s1. The molecule has 5 N–H and O–H groups in total. The van der Waals surface area contributed by atoms with E-state index in [4.69, 9.17) is 5.73 Å². The monoisotopic (exact) mass is 532 g/mol. The second kappa shape index (κ2) is 13.4. The van der Waals surface area contributed by atoms with E-state index in [1.165, 1.54) is 7.05 Å². The van der Waals surface area contributed by atoms with Crippen LogP contribution in [0.4, 0.5) is 4.79 Å². The van der Waals surface area contributed by atoms with Crippen molar-refractivity contribution in [2.24, 2.45) is 11.1 Å². The number of nitrogens with two attached hydrogens (primary N) is 1. The lowest BCUT2D eigenvalue weighted by Crippen LogP contribution is -2.56. The third-order valence-corrected chi connectivity index (χ3v) is 6.84. The van der Waals surface area contributed by atoms with Gasteiger partial charge in [0.05, 0.1) is 11.8 Å². The maximum atomic E-state index is 13.5. The number of aromatic nitrogens is 1. The lowest BCUT2D eigenvalue weighted by Gasteiger charge is -2.36. The molecule has 0 radical (unpaired) electrons. The zero-order valence-corrected chi connectivity index (χ0v) is 23.1. The van der Waals surface area contributed by atoms with Crippen molar-refractivity contribution in [3.8, 4) is 11.3 Å². The first-order valence-electron chi connectivity index (χ1n) is 13.2. The van der Waals surface area contributed by atoms with Crippen molar-refractivity contribution in [2.75, 3.05) is 7.05 Å². The van der Waals surface area contributed by atoms with Crippen LogP contribution in [0, 0.1) is 5.41 Å². The predicted octanol–water partition coefficient (Wildman–Crippen LogP) is 4.12. The molecule has 1 aromatic heterocycles. The fraction of sp³-hybridized carbons (Fsp3) is 0.387. The highest BCUT2D eigenvalue weighted by Gasteiger charge is 2.38. The second-order valence-electron chi connectivity index (χ2n) is 11.1. The topological polar surface area (TPSA) is 129 Å². The van der Waals surface area contributed by atoms with Crippen molar-refractivity contribution >= 4 is 12.0 Å². The van der Waals surface area contributed by atoms with Gasteiger partial charge in [-0.1, -0.05) is 81.4 Å². The highest BCUT2D eigenvalue weighted by molar-refractivity contribution is 5.86. The Labute approximate surface area is 230 Å². The summed E-state index contributed by atoms with van der Waals surface area (Å²) < 4.78 is 0. The van der Waals surface area contributed by atoms with E-state index in [2.05, 4.69) is 10.3 Å². The number of amides is 2. The SMILES string of the molecule is CN(C(=O)O)[C@H](C(=O)N[C@@H](Cc1ccc(-c2ccccn2)cc1)C[C@H](O)[C@@H](N)Cc1ccccc1)C(C)(C)C. The number of hydrogen-bond donors (Lipinski definition) is 4. The zero-order valence-electron chi connectivity index (χ0n) is 23.1. The fourth-order valence-electron chi connectivity index (χ4n) is 4.85. The molecule has 8 nitrogen and oxygen atoms in total. The smallest absolute Gasteiger partial charge is 0.407 e. The summed E-state index contributed by atoms with van der Waals surface area (Å²) in [5.41, 5.74) is 9.54. The molecular formula is C31H40N4O4. The van der Waals surface area contributed by atoms with E-state index in [1.807, 2.05) is 93.6 Å². The third kappa shape index (κ3) is 8.63. The quantitative estimate of drug-likeness (QED) is 0.294. The Balaban J connectivity index is 1.80. The Kier molecular flexibility index (Phi) is 10.2. The summed E-state index contributed by atoms with van der Waals surface area (Å²) in [6.45, 7) is 5.48. The molecular weight excluding hydrogens is 492 g/mol. The Bertz CT molecular complexity index is 1200. The first-order chi connectivity index (χ1) is 18.5. The first kappa shape index (κ1) is 29.8. The van der Waals surface area contributed by atoms with Crippen molar-refractivity contribution in [3.05, 3.63) is 90.1 Å². The second-order valence-corrected chi connectivity index (χ2v) is 11.1. The van der Waals surface area contributed by atoms with Gasteiger partial charge < -0.3 is 21.3 Å². The van der Waals surface area contributed by atoms with Crippen LogP contribution in [-0.2, 0) is 17.6 Å². The van der Waals surface area contributed by atoms with Crippen LogP contribution in [0.15, 0.2) is 79.0 Å². The number of aliphatic hydroxyl groups is 1. The highest BCUT2D eigenvalue weighted by atomic mass is 16.4. The number of aliphatic hydroxyl groups excluding tert-OH is 1. The Morgan fingerprint density at radius 1 is 0.949 bits per heavy atom. The fourth-order valence-corrected chi connectivity index (χ4v) is 4.85. The molecule has 0 saturated heterocycles. The van der Waals surface area contributed by atoms with Crippen LogP contribution < -0.4 is 11.1 Å². The van der Waals surface area contributed by atoms with E-state index in [0.29, 0.717) is 12.8 Å². The van der Waals surface area contributed by atoms with E-state index in [0.717, 1.165) is 27.3 Å². The largest absolute Gasteiger partial charge is 0.465 e. The minimum Gasteiger partial charge on any atom is -0.465 e. The molecule has 3 rings (SSSR count). The molecule has 8 heteroatoms. The summed E-state index contributed by atoms with van der Waals surface area (Å²) in [5.74, 6) is -0.411. The van der Waals surface area contributed by atoms with Gasteiger partial charge in [-0.05, 0) is 47.9 Å². The molecule has 208 valence electrons. The van der Waals surface area contributed by atoms with Crippen molar-refractivity contribution in [2.45, 2.75) is 64.3 Å². The van der Waals surface area contributed by atoms with E-state index < -0.39 is 41.6 Å². The number of likely N-dealkylation sites (N-methyl/N-ethyl adjacent to an activating group) is 1. The molecule has 0 unspecified atom stereocenters. The van der Waals surface area contributed by atoms with E-state index in [1.54, 1.807) is 6.20 Å². The number of nitrogens with one attached hydrogen (secondary N) is 1.